The van der Waals surface area contributed by atoms with E-state index in [0.29, 0.717) is 6.42 Å². The van der Waals surface area contributed by atoms with Crippen molar-refractivity contribution in [1.29, 1.82) is 0 Å². The molecular formula is C18H22N6O2. The Kier molecular flexibility index (Phi) is 6.08. The molecule has 8 nitrogen and oxygen atoms in total. The van der Waals surface area contributed by atoms with Crippen LogP contribution in [0.2, 0.25) is 0 Å². The largest absolute Gasteiger partial charge is 0.469 e. The van der Waals surface area contributed by atoms with E-state index in [4.69, 9.17) is 0 Å². The number of esters is 1. The number of carbonyl (C=O) groups excluding carboxylic acids is 1. The molecule has 3 aromatic rings. The molecule has 0 aliphatic heterocycles. The third kappa shape index (κ3) is 4.53. The first-order valence-corrected chi connectivity index (χ1v) is 8.68. The van der Waals surface area contributed by atoms with Gasteiger partial charge in [-0.3, -0.25) is 9.78 Å². The molecule has 0 bridgehead atoms. The van der Waals surface area contributed by atoms with Gasteiger partial charge in [0.15, 0.2) is 11.5 Å². The number of anilines is 2. The lowest BCUT2D eigenvalue weighted by atomic mass is 10.1. The highest BCUT2D eigenvalue weighted by Crippen LogP contribution is 2.22. The molecule has 0 radical (unpaired) electrons. The number of methoxy groups -OCH3 is 1. The average Bonchev–Trinajstić information content (AvgIpc) is 3.15. The number of hydrogen-bond donors (Lipinski definition) is 0. The molecule has 3 rings (SSSR count). The fraction of sp³-hybridized carbons (Fsp3) is 0.389. The van der Waals surface area contributed by atoms with Crippen molar-refractivity contribution in [2.75, 3.05) is 18.6 Å². The van der Waals surface area contributed by atoms with E-state index < -0.39 is 0 Å². The first-order valence-electron chi connectivity index (χ1n) is 8.68. The van der Waals surface area contributed by atoms with E-state index in [0.717, 1.165) is 49.5 Å². The van der Waals surface area contributed by atoms with Crippen molar-refractivity contribution in [3.63, 3.8) is 0 Å². The molecular weight excluding hydrogens is 332 g/mol. The van der Waals surface area contributed by atoms with Crippen molar-refractivity contribution in [2.45, 2.75) is 32.1 Å². The van der Waals surface area contributed by atoms with E-state index in [-0.39, 0.29) is 5.97 Å². The molecule has 3 heterocycles. The van der Waals surface area contributed by atoms with Crippen LogP contribution in [0.25, 0.3) is 5.65 Å². The van der Waals surface area contributed by atoms with E-state index in [2.05, 4.69) is 29.7 Å². The number of nitrogens with zero attached hydrogens (tertiary/aromatic N) is 6. The lowest BCUT2D eigenvalue weighted by Gasteiger charge is -2.22. The standard InChI is InChI=1S/C18H22N6O2/c1-26-18(25)6-4-2-3-5-12-23(17-14-19-10-11-20-17)15-8-13-24-16(22-15)7-9-21-24/h7-11,13-14H,2-6,12H2,1H3. The summed E-state index contributed by atoms with van der Waals surface area (Å²) in [6.07, 6.45) is 13.0. The Morgan fingerprint density at radius 1 is 1.12 bits per heavy atom. The highest BCUT2D eigenvalue weighted by molar-refractivity contribution is 5.68. The quantitative estimate of drug-likeness (QED) is 0.431. The summed E-state index contributed by atoms with van der Waals surface area (Å²) in [6, 6.07) is 3.79. The summed E-state index contributed by atoms with van der Waals surface area (Å²) in [5.41, 5.74) is 0.787. The zero-order valence-corrected chi connectivity index (χ0v) is 14.8. The molecule has 0 amide bonds. The van der Waals surface area contributed by atoms with Gasteiger partial charge in [-0.15, -0.1) is 0 Å². The van der Waals surface area contributed by atoms with Crippen molar-refractivity contribution in [1.82, 2.24) is 24.6 Å². The van der Waals surface area contributed by atoms with Crippen molar-refractivity contribution >= 4 is 23.3 Å². The van der Waals surface area contributed by atoms with Crippen LogP contribution in [0.5, 0.6) is 0 Å². The molecule has 0 fully saturated rings. The van der Waals surface area contributed by atoms with Crippen LogP contribution in [0, 0.1) is 0 Å². The van der Waals surface area contributed by atoms with E-state index in [1.165, 1.54) is 7.11 Å². The number of hydrogen-bond acceptors (Lipinski definition) is 7. The molecule has 0 aliphatic rings. The Morgan fingerprint density at radius 2 is 2.00 bits per heavy atom. The molecule has 3 aromatic heterocycles. The molecule has 0 spiro atoms. The smallest absolute Gasteiger partial charge is 0.305 e. The lowest BCUT2D eigenvalue weighted by molar-refractivity contribution is -0.140. The molecule has 8 heteroatoms. The van der Waals surface area contributed by atoms with Crippen LogP contribution >= 0.6 is 0 Å². The van der Waals surface area contributed by atoms with Crippen LogP contribution in [0.1, 0.15) is 32.1 Å². The fourth-order valence-corrected chi connectivity index (χ4v) is 2.72. The summed E-state index contributed by atoms with van der Waals surface area (Å²) >= 11 is 0. The summed E-state index contributed by atoms with van der Waals surface area (Å²) in [6.45, 7) is 0.772. The zero-order valence-electron chi connectivity index (χ0n) is 14.8. The van der Waals surface area contributed by atoms with E-state index in [9.17, 15) is 4.79 Å². The third-order valence-electron chi connectivity index (χ3n) is 4.09. The number of ether oxygens (including phenoxy) is 1. The van der Waals surface area contributed by atoms with Gasteiger partial charge < -0.3 is 9.64 Å². The van der Waals surface area contributed by atoms with Gasteiger partial charge in [-0.05, 0) is 18.9 Å². The van der Waals surface area contributed by atoms with Gasteiger partial charge in [-0.1, -0.05) is 12.8 Å². The van der Waals surface area contributed by atoms with Gasteiger partial charge in [0, 0.05) is 37.6 Å². The normalized spacial score (nSPS) is 10.8. The Balaban J connectivity index is 1.64. The van der Waals surface area contributed by atoms with E-state index >= 15 is 0 Å². The van der Waals surface area contributed by atoms with Gasteiger partial charge in [-0.25, -0.2) is 14.5 Å². The van der Waals surface area contributed by atoms with E-state index in [1.807, 2.05) is 18.3 Å². The van der Waals surface area contributed by atoms with Crippen LogP contribution in [0.3, 0.4) is 0 Å². The van der Waals surface area contributed by atoms with Gasteiger partial charge >= 0.3 is 5.97 Å². The second kappa shape index (κ2) is 8.89. The maximum absolute atomic E-state index is 11.1. The third-order valence-corrected chi connectivity index (χ3v) is 4.09. The fourth-order valence-electron chi connectivity index (χ4n) is 2.72. The highest BCUT2D eigenvalue weighted by Gasteiger charge is 2.13. The number of aromatic nitrogens is 5. The van der Waals surface area contributed by atoms with Gasteiger partial charge in [0.25, 0.3) is 0 Å². The van der Waals surface area contributed by atoms with Crippen LogP contribution in [0.4, 0.5) is 11.6 Å². The second-order valence-electron chi connectivity index (χ2n) is 5.88. The summed E-state index contributed by atoms with van der Waals surface area (Å²) in [5, 5.41) is 4.18. The van der Waals surface area contributed by atoms with Crippen molar-refractivity contribution in [2.24, 2.45) is 0 Å². The second-order valence-corrected chi connectivity index (χ2v) is 5.88. The van der Waals surface area contributed by atoms with Gasteiger partial charge in [0.1, 0.15) is 5.82 Å². The summed E-state index contributed by atoms with van der Waals surface area (Å²) < 4.78 is 6.39. The summed E-state index contributed by atoms with van der Waals surface area (Å²) in [7, 11) is 1.42. The number of unbranched alkanes of at least 4 members (excludes halogenated alkanes) is 3. The zero-order chi connectivity index (χ0) is 18.2. The lowest BCUT2D eigenvalue weighted by Crippen LogP contribution is -2.21. The number of rotatable bonds is 9. The van der Waals surface area contributed by atoms with Crippen LogP contribution in [-0.4, -0.2) is 44.2 Å². The molecule has 0 aliphatic carbocycles. The predicted molar refractivity (Wildman–Crippen MR) is 97.1 cm³/mol. The molecule has 0 N–H and O–H groups in total. The molecule has 0 unspecified atom stereocenters. The van der Waals surface area contributed by atoms with E-state index in [1.54, 1.807) is 29.3 Å². The van der Waals surface area contributed by atoms with Gasteiger partial charge in [0.05, 0.1) is 19.5 Å². The SMILES string of the molecule is COC(=O)CCCCCCN(c1cnccn1)c1ccn2nccc2n1. The maximum atomic E-state index is 11.1. The predicted octanol–water partition coefficient (Wildman–Crippen LogP) is 2.78. The van der Waals surface area contributed by atoms with Crippen molar-refractivity contribution in [3.05, 3.63) is 43.1 Å². The minimum absolute atomic E-state index is 0.149. The molecule has 0 aromatic carbocycles. The topological polar surface area (TPSA) is 85.5 Å². The summed E-state index contributed by atoms with van der Waals surface area (Å²) in [4.78, 5) is 26.4. The Bertz CT molecular complexity index is 836. The van der Waals surface area contributed by atoms with Crippen LogP contribution in [0.15, 0.2) is 43.1 Å². The Morgan fingerprint density at radius 3 is 2.81 bits per heavy atom. The van der Waals surface area contributed by atoms with Crippen LogP contribution in [-0.2, 0) is 9.53 Å². The van der Waals surface area contributed by atoms with Gasteiger partial charge in [0.2, 0.25) is 0 Å². The monoisotopic (exact) mass is 354 g/mol. The van der Waals surface area contributed by atoms with Crippen LogP contribution < -0.4 is 4.90 Å². The first-order chi connectivity index (χ1) is 12.8. The van der Waals surface area contributed by atoms with Crippen molar-refractivity contribution in [3.8, 4) is 0 Å². The minimum atomic E-state index is -0.149. The number of fused-ring (bicyclic) bond motifs is 1. The van der Waals surface area contributed by atoms with Gasteiger partial charge in [-0.2, -0.15) is 5.10 Å². The first kappa shape index (κ1) is 17.8. The highest BCUT2D eigenvalue weighted by atomic mass is 16.5. The molecule has 26 heavy (non-hydrogen) atoms. The molecule has 136 valence electrons. The molecule has 0 saturated carbocycles. The number of carbonyl (C=O) groups is 1. The molecule has 0 atom stereocenters. The average molecular weight is 354 g/mol. The minimum Gasteiger partial charge on any atom is -0.469 e. The Hall–Kier alpha value is -3.03. The van der Waals surface area contributed by atoms with Crippen molar-refractivity contribution < 1.29 is 9.53 Å². The maximum Gasteiger partial charge on any atom is 0.305 e. The molecule has 0 saturated heterocycles. The Labute approximate surface area is 151 Å². The summed E-state index contributed by atoms with van der Waals surface area (Å²) in [5.74, 6) is 1.43.